The van der Waals surface area contributed by atoms with Crippen molar-refractivity contribution in [2.24, 2.45) is 17.3 Å². The van der Waals surface area contributed by atoms with Crippen molar-refractivity contribution in [3.05, 3.63) is 11.1 Å². The molecule has 6 fully saturated rings. The van der Waals surface area contributed by atoms with Crippen LogP contribution in [0.4, 0.5) is 0 Å². The van der Waals surface area contributed by atoms with Crippen LogP contribution in [0.2, 0.25) is 0 Å². The Labute approximate surface area is 168 Å². The van der Waals surface area contributed by atoms with Crippen LogP contribution in [0.15, 0.2) is 11.1 Å². The first-order chi connectivity index (χ1) is 13.8. The second-order valence-corrected chi connectivity index (χ2v) is 11.0. The maximum atomic E-state index is 12.4. The van der Waals surface area contributed by atoms with Crippen LogP contribution < -0.4 is 0 Å². The third-order valence-electron chi connectivity index (χ3n) is 10.1. The molecule has 8 aliphatic rings. The summed E-state index contributed by atoms with van der Waals surface area (Å²) in [6.45, 7) is 7.44. The summed E-state index contributed by atoms with van der Waals surface area (Å²) in [5, 5.41) is 12.4. The Hall–Kier alpha value is -0.990. The predicted molar refractivity (Wildman–Crippen MR) is 95.8 cm³/mol. The van der Waals surface area contributed by atoms with Crippen molar-refractivity contribution < 1.29 is 33.6 Å². The highest BCUT2D eigenvalue weighted by molar-refractivity contribution is 5.92. The molecule has 2 saturated carbocycles. The zero-order valence-corrected chi connectivity index (χ0v) is 16.9. The number of epoxide rings is 4. The molecule has 1 N–H and O–H groups in total. The van der Waals surface area contributed by atoms with Crippen LogP contribution in [-0.4, -0.2) is 71.1 Å². The fourth-order valence-electron chi connectivity index (χ4n) is 8.74. The minimum atomic E-state index is -1.21. The molecular formula is C22H26O7. The van der Waals surface area contributed by atoms with Crippen LogP contribution in [-0.2, 0) is 28.5 Å². The highest BCUT2D eigenvalue weighted by atomic mass is 16.8. The maximum absolute atomic E-state index is 12.4. The summed E-state index contributed by atoms with van der Waals surface area (Å²) in [6.07, 6.45) is 1.76. The molecule has 5 aliphatic heterocycles. The van der Waals surface area contributed by atoms with Gasteiger partial charge in [-0.2, -0.15) is 0 Å². The van der Waals surface area contributed by atoms with Gasteiger partial charge in [-0.15, -0.1) is 0 Å². The summed E-state index contributed by atoms with van der Waals surface area (Å²) < 4.78 is 30.7. The molecule has 2 spiro atoms. The zero-order chi connectivity index (χ0) is 19.8. The van der Waals surface area contributed by atoms with Gasteiger partial charge in [0.15, 0.2) is 11.2 Å². The number of fused-ring (bicyclic) bond motifs is 4. The number of hydrogen-bond donors (Lipinski definition) is 1. The Bertz CT molecular complexity index is 939. The summed E-state index contributed by atoms with van der Waals surface area (Å²) in [7, 11) is 0. The summed E-state index contributed by atoms with van der Waals surface area (Å²) in [6, 6.07) is 0. The van der Waals surface area contributed by atoms with Gasteiger partial charge in [-0.3, -0.25) is 0 Å². The minimum Gasteiger partial charge on any atom is -0.458 e. The van der Waals surface area contributed by atoms with Crippen LogP contribution in [0.25, 0.3) is 0 Å². The highest BCUT2D eigenvalue weighted by Crippen LogP contribution is 2.86. The van der Waals surface area contributed by atoms with Crippen LogP contribution in [0, 0.1) is 17.3 Å². The van der Waals surface area contributed by atoms with Gasteiger partial charge in [0, 0.05) is 11.0 Å². The smallest absolute Gasteiger partial charge is 0.334 e. The summed E-state index contributed by atoms with van der Waals surface area (Å²) in [5.41, 5.74) is -1.46. The molecule has 7 heteroatoms. The molecule has 7 nitrogen and oxygen atoms in total. The van der Waals surface area contributed by atoms with Gasteiger partial charge in [0.05, 0.1) is 12.7 Å². The Morgan fingerprint density at radius 3 is 2.62 bits per heavy atom. The molecular weight excluding hydrogens is 376 g/mol. The molecule has 29 heavy (non-hydrogen) atoms. The predicted octanol–water partition coefficient (Wildman–Crippen LogP) is 0.872. The van der Waals surface area contributed by atoms with Gasteiger partial charge in [0.1, 0.15) is 36.1 Å². The lowest BCUT2D eigenvalue weighted by molar-refractivity contribution is -0.177. The van der Waals surface area contributed by atoms with E-state index in [2.05, 4.69) is 20.8 Å². The molecule has 0 aromatic carbocycles. The molecule has 0 aromatic rings. The van der Waals surface area contributed by atoms with E-state index in [0.29, 0.717) is 19.6 Å². The number of hydrogen-bond acceptors (Lipinski definition) is 7. The number of esters is 1. The number of cyclic esters (lactones) is 1. The number of carbonyl (C=O) groups is 1. The summed E-state index contributed by atoms with van der Waals surface area (Å²) in [4.78, 5) is 12.2. The Balaban J connectivity index is 1.34. The second-order valence-electron chi connectivity index (χ2n) is 11.0. The van der Waals surface area contributed by atoms with Gasteiger partial charge in [-0.25, -0.2) is 4.79 Å². The molecule has 0 unspecified atom stereocenters. The molecule has 156 valence electrons. The zero-order valence-electron chi connectivity index (χ0n) is 16.9. The van der Waals surface area contributed by atoms with Gasteiger partial charge in [-0.1, -0.05) is 20.8 Å². The van der Waals surface area contributed by atoms with E-state index < -0.39 is 22.4 Å². The van der Waals surface area contributed by atoms with Gasteiger partial charge in [0.2, 0.25) is 0 Å². The molecule has 8 rings (SSSR count). The van der Waals surface area contributed by atoms with Crippen molar-refractivity contribution in [2.75, 3.05) is 13.2 Å². The molecule has 4 saturated heterocycles. The van der Waals surface area contributed by atoms with E-state index in [9.17, 15) is 9.90 Å². The molecule has 0 bridgehead atoms. The van der Waals surface area contributed by atoms with E-state index >= 15 is 0 Å². The highest BCUT2D eigenvalue weighted by Gasteiger charge is 3.05. The Kier molecular flexibility index (Phi) is 2.41. The van der Waals surface area contributed by atoms with Crippen molar-refractivity contribution in [3.63, 3.8) is 0 Å². The van der Waals surface area contributed by atoms with E-state index in [1.807, 2.05) is 0 Å². The average Bonchev–Trinajstić information content (AvgIpc) is 3.54. The van der Waals surface area contributed by atoms with Crippen LogP contribution in [0.5, 0.6) is 0 Å². The van der Waals surface area contributed by atoms with E-state index in [1.165, 1.54) is 0 Å². The molecule has 3 aliphatic carbocycles. The van der Waals surface area contributed by atoms with Crippen molar-refractivity contribution >= 4 is 5.97 Å². The normalized spacial score (nSPS) is 64.9. The number of rotatable bonds is 2. The Morgan fingerprint density at radius 1 is 1.10 bits per heavy atom. The fourth-order valence-corrected chi connectivity index (χ4v) is 8.74. The topological polar surface area (TPSA) is 96.7 Å². The van der Waals surface area contributed by atoms with Gasteiger partial charge < -0.3 is 28.8 Å². The lowest BCUT2D eigenvalue weighted by Gasteiger charge is -2.56. The monoisotopic (exact) mass is 402 g/mol. The number of carbonyl (C=O) groups excluding carboxylic acids is 1. The first kappa shape index (κ1) is 16.7. The third-order valence-corrected chi connectivity index (χ3v) is 10.1. The van der Waals surface area contributed by atoms with Crippen LogP contribution in [0.1, 0.15) is 40.0 Å². The molecule has 5 heterocycles. The van der Waals surface area contributed by atoms with E-state index in [1.54, 1.807) is 0 Å². The van der Waals surface area contributed by atoms with Crippen LogP contribution in [0.3, 0.4) is 0 Å². The summed E-state index contributed by atoms with van der Waals surface area (Å²) in [5.74, 6) is 0.158. The van der Waals surface area contributed by atoms with E-state index in [4.69, 9.17) is 23.7 Å². The van der Waals surface area contributed by atoms with Crippen LogP contribution >= 0.6 is 0 Å². The standard InChI is InChI=1S/C22H26O7/c1-9(2)19-15(28-19)16-22(29-16)18(3)5-4-10-11(7-26-17(10)23)12(18)6-13-21(22,27-13)20(19,24)14-8-25-14/h9,12-16,24H,4-8H2,1-3H3/t12-,13-,14+,15-,16-,18-,19-,20-,21+,22+/m0/s1. The SMILES string of the molecule is CC(C)[C@]12O[C@H]1[C@@H]1O[C@]13[C@]1(O[C@H]1C[C@H]1C4=C(CC[C@@]13C)C(=O)OC4)[C@]2(O)[C@H]1CO1. The van der Waals surface area contributed by atoms with E-state index in [0.717, 1.165) is 24.0 Å². The van der Waals surface area contributed by atoms with Crippen molar-refractivity contribution in [1.82, 2.24) is 0 Å². The van der Waals surface area contributed by atoms with Gasteiger partial charge >= 0.3 is 5.97 Å². The first-order valence-electron chi connectivity index (χ1n) is 11.1. The van der Waals surface area contributed by atoms with E-state index in [-0.39, 0.29) is 47.6 Å². The van der Waals surface area contributed by atoms with Gasteiger partial charge in [-0.05, 0) is 36.7 Å². The average molecular weight is 402 g/mol. The largest absolute Gasteiger partial charge is 0.458 e. The van der Waals surface area contributed by atoms with Crippen molar-refractivity contribution in [1.29, 1.82) is 0 Å². The molecule has 0 radical (unpaired) electrons. The lowest BCUT2D eigenvalue weighted by atomic mass is 9.43. The molecule has 0 aromatic heterocycles. The molecule has 10 atom stereocenters. The van der Waals surface area contributed by atoms with Crippen molar-refractivity contribution in [3.8, 4) is 0 Å². The molecule has 0 amide bonds. The second kappa shape index (κ2) is 4.19. The summed E-state index contributed by atoms with van der Waals surface area (Å²) >= 11 is 0. The third kappa shape index (κ3) is 1.30. The Morgan fingerprint density at radius 2 is 1.90 bits per heavy atom. The fraction of sp³-hybridized carbons (Fsp3) is 0.864. The quantitative estimate of drug-likeness (QED) is 0.541. The maximum Gasteiger partial charge on any atom is 0.334 e. The van der Waals surface area contributed by atoms with Gasteiger partial charge in [0.25, 0.3) is 0 Å². The lowest BCUT2D eigenvalue weighted by Crippen LogP contribution is -2.77. The number of ether oxygens (including phenoxy) is 5. The minimum absolute atomic E-state index is 0.0677. The number of aliphatic hydroxyl groups is 1. The first-order valence-corrected chi connectivity index (χ1v) is 11.1. The van der Waals surface area contributed by atoms with Crippen molar-refractivity contribution in [2.45, 2.75) is 86.9 Å².